The maximum absolute atomic E-state index is 2.52. The second kappa shape index (κ2) is 6.55. The fourth-order valence-electron chi connectivity index (χ4n) is 2.98. The summed E-state index contributed by atoms with van der Waals surface area (Å²) in [7, 11) is 0. The van der Waals surface area contributed by atoms with E-state index < -0.39 is 0 Å². The van der Waals surface area contributed by atoms with Gasteiger partial charge < -0.3 is 0 Å². The Morgan fingerprint density at radius 3 is 2.07 bits per heavy atom. The molecule has 0 N–H and O–H groups in total. The molecule has 0 aromatic carbocycles. The van der Waals surface area contributed by atoms with Gasteiger partial charge in [0.2, 0.25) is 0 Å². The third-order valence-corrected chi connectivity index (χ3v) is 4.88. The van der Waals surface area contributed by atoms with Crippen LogP contribution in [0, 0.1) is 11.3 Å². The van der Waals surface area contributed by atoms with Crippen LogP contribution < -0.4 is 0 Å². The van der Waals surface area contributed by atoms with E-state index in [9.17, 15) is 0 Å². The quantitative estimate of drug-likeness (QED) is 0.531. The summed E-state index contributed by atoms with van der Waals surface area (Å²) in [5, 5.41) is 0. The fraction of sp³-hybridized carbons (Fsp3) is 1.00. The second-order valence-electron chi connectivity index (χ2n) is 5.92. The van der Waals surface area contributed by atoms with E-state index in [0.29, 0.717) is 5.41 Å². The fourth-order valence-corrected chi connectivity index (χ4v) is 2.98. The van der Waals surface area contributed by atoms with Crippen LogP contribution in [-0.4, -0.2) is 0 Å². The van der Waals surface area contributed by atoms with Crippen molar-refractivity contribution < 1.29 is 0 Å². The molecule has 90 valence electrons. The predicted octanol–water partition coefficient (Wildman–Crippen LogP) is 5.56. The van der Waals surface area contributed by atoms with E-state index in [-0.39, 0.29) is 0 Å². The van der Waals surface area contributed by atoms with Crippen LogP contribution in [0.5, 0.6) is 0 Å². The molecule has 2 unspecified atom stereocenters. The van der Waals surface area contributed by atoms with Crippen molar-refractivity contribution in [1.82, 2.24) is 0 Å². The molecule has 0 amide bonds. The van der Waals surface area contributed by atoms with Crippen LogP contribution in [0.2, 0.25) is 0 Å². The molecule has 0 saturated heterocycles. The molecule has 1 rings (SSSR count). The molecule has 0 nitrogen and oxygen atoms in total. The average molecular weight is 210 g/mol. The number of hydrogen-bond acceptors (Lipinski definition) is 0. The molecule has 0 heteroatoms. The summed E-state index contributed by atoms with van der Waals surface area (Å²) in [6.45, 7) is 7.40. The van der Waals surface area contributed by atoms with Crippen LogP contribution >= 0.6 is 0 Å². The van der Waals surface area contributed by atoms with E-state index in [1.54, 1.807) is 0 Å². The molecule has 1 fully saturated rings. The number of hydrogen-bond donors (Lipinski definition) is 0. The van der Waals surface area contributed by atoms with E-state index in [0.717, 1.165) is 5.92 Å². The van der Waals surface area contributed by atoms with Crippen LogP contribution in [0.4, 0.5) is 0 Å². The largest absolute Gasteiger partial charge is 0.0649 e. The minimum atomic E-state index is 0.629. The first kappa shape index (κ1) is 13.1. The zero-order valence-electron chi connectivity index (χ0n) is 11.1. The van der Waals surface area contributed by atoms with Gasteiger partial charge in [-0.3, -0.25) is 0 Å². The Morgan fingerprint density at radius 1 is 0.933 bits per heavy atom. The van der Waals surface area contributed by atoms with Crippen LogP contribution in [0.3, 0.4) is 0 Å². The van der Waals surface area contributed by atoms with Crippen LogP contribution in [0.25, 0.3) is 0 Å². The molecule has 0 aromatic heterocycles. The van der Waals surface area contributed by atoms with Gasteiger partial charge in [0.25, 0.3) is 0 Å². The maximum Gasteiger partial charge on any atom is -0.0303 e. The van der Waals surface area contributed by atoms with E-state index in [1.165, 1.54) is 64.2 Å². The third kappa shape index (κ3) is 4.17. The molecule has 0 bridgehead atoms. The smallest absolute Gasteiger partial charge is 0.0303 e. The highest BCUT2D eigenvalue weighted by molar-refractivity contribution is 4.79. The van der Waals surface area contributed by atoms with Gasteiger partial charge in [-0.25, -0.2) is 0 Å². The SMILES string of the molecule is CCC1(C)CCCCCCCCCC1C. The molecule has 0 heterocycles. The van der Waals surface area contributed by atoms with Gasteiger partial charge in [-0.1, -0.05) is 78.6 Å². The van der Waals surface area contributed by atoms with Crippen molar-refractivity contribution in [3.63, 3.8) is 0 Å². The van der Waals surface area contributed by atoms with Gasteiger partial charge in [-0.2, -0.15) is 0 Å². The molecule has 0 radical (unpaired) electrons. The molecule has 0 aliphatic heterocycles. The number of rotatable bonds is 1. The normalized spacial score (nSPS) is 35.8. The van der Waals surface area contributed by atoms with Gasteiger partial charge in [-0.05, 0) is 17.8 Å². The molecule has 2 atom stereocenters. The monoisotopic (exact) mass is 210 g/mol. The first-order valence-corrected chi connectivity index (χ1v) is 7.19. The van der Waals surface area contributed by atoms with Crippen molar-refractivity contribution in [3.8, 4) is 0 Å². The van der Waals surface area contributed by atoms with E-state index in [2.05, 4.69) is 20.8 Å². The lowest BCUT2D eigenvalue weighted by Crippen LogP contribution is -2.24. The average Bonchev–Trinajstić information content (AvgIpc) is 2.28. The standard InChI is InChI=1S/C15H30/c1-4-15(3)13-11-9-7-5-6-8-10-12-14(15)2/h14H,4-13H2,1-3H3. The Bertz CT molecular complexity index is 161. The molecular weight excluding hydrogens is 180 g/mol. The second-order valence-corrected chi connectivity index (χ2v) is 5.92. The van der Waals surface area contributed by atoms with Crippen LogP contribution in [-0.2, 0) is 0 Å². The lowest BCUT2D eigenvalue weighted by molar-refractivity contribution is 0.158. The lowest BCUT2D eigenvalue weighted by atomic mass is 9.70. The van der Waals surface area contributed by atoms with Crippen molar-refractivity contribution in [2.24, 2.45) is 11.3 Å². The van der Waals surface area contributed by atoms with Crippen LogP contribution in [0.1, 0.15) is 85.0 Å². The summed E-state index contributed by atoms with van der Waals surface area (Å²) in [5.41, 5.74) is 0.629. The minimum absolute atomic E-state index is 0.629. The first-order chi connectivity index (χ1) is 7.19. The highest BCUT2D eigenvalue weighted by Crippen LogP contribution is 2.39. The first-order valence-electron chi connectivity index (χ1n) is 7.19. The highest BCUT2D eigenvalue weighted by atomic mass is 14.3. The maximum atomic E-state index is 2.52. The van der Waals surface area contributed by atoms with Crippen molar-refractivity contribution in [1.29, 1.82) is 0 Å². The summed E-state index contributed by atoms with van der Waals surface area (Å²) in [6, 6.07) is 0. The molecular formula is C15H30. The Balaban J connectivity index is 2.50. The lowest BCUT2D eigenvalue weighted by Gasteiger charge is -2.35. The van der Waals surface area contributed by atoms with Crippen molar-refractivity contribution in [2.75, 3.05) is 0 Å². The molecule has 0 spiro atoms. The third-order valence-electron chi connectivity index (χ3n) is 4.88. The topological polar surface area (TPSA) is 0 Å². The Kier molecular flexibility index (Phi) is 5.71. The molecule has 1 saturated carbocycles. The Labute approximate surface area is 96.8 Å². The molecule has 1 aliphatic rings. The van der Waals surface area contributed by atoms with Gasteiger partial charge in [-0.15, -0.1) is 0 Å². The zero-order valence-corrected chi connectivity index (χ0v) is 11.1. The predicted molar refractivity (Wildman–Crippen MR) is 69.1 cm³/mol. The summed E-state index contributed by atoms with van der Waals surface area (Å²) >= 11 is 0. The summed E-state index contributed by atoms with van der Waals surface area (Å²) in [6.07, 6.45) is 14.6. The van der Waals surface area contributed by atoms with Gasteiger partial charge in [0.1, 0.15) is 0 Å². The minimum Gasteiger partial charge on any atom is -0.0649 e. The van der Waals surface area contributed by atoms with Crippen LogP contribution in [0.15, 0.2) is 0 Å². The summed E-state index contributed by atoms with van der Waals surface area (Å²) in [5.74, 6) is 0.931. The van der Waals surface area contributed by atoms with Gasteiger partial charge in [0, 0.05) is 0 Å². The van der Waals surface area contributed by atoms with Gasteiger partial charge in [0.15, 0.2) is 0 Å². The van der Waals surface area contributed by atoms with Gasteiger partial charge in [0.05, 0.1) is 0 Å². The van der Waals surface area contributed by atoms with E-state index >= 15 is 0 Å². The zero-order chi connectivity index (χ0) is 11.1. The van der Waals surface area contributed by atoms with Gasteiger partial charge >= 0.3 is 0 Å². The molecule has 15 heavy (non-hydrogen) atoms. The molecule has 1 aliphatic carbocycles. The van der Waals surface area contributed by atoms with E-state index in [4.69, 9.17) is 0 Å². The highest BCUT2D eigenvalue weighted by Gasteiger charge is 2.28. The van der Waals surface area contributed by atoms with Crippen molar-refractivity contribution in [2.45, 2.75) is 85.0 Å². The molecule has 0 aromatic rings. The van der Waals surface area contributed by atoms with Crippen molar-refractivity contribution in [3.05, 3.63) is 0 Å². The van der Waals surface area contributed by atoms with Crippen molar-refractivity contribution >= 4 is 0 Å². The Hall–Kier alpha value is 0. The van der Waals surface area contributed by atoms with E-state index in [1.807, 2.05) is 0 Å². The Morgan fingerprint density at radius 2 is 1.47 bits per heavy atom. The summed E-state index contributed by atoms with van der Waals surface area (Å²) in [4.78, 5) is 0. The summed E-state index contributed by atoms with van der Waals surface area (Å²) < 4.78 is 0.